The van der Waals surface area contributed by atoms with Crippen LogP contribution >= 0.6 is 0 Å². The summed E-state index contributed by atoms with van der Waals surface area (Å²) in [6.45, 7) is 0. The summed E-state index contributed by atoms with van der Waals surface area (Å²) >= 11 is 0. The molecule has 0 saturated heterocycles. The summed E-state index contributed by atoms with van der Waals surface area (Å²) in [6.07, 6.45) is 0. The van der Waals surface area contributed by atoms with Gasteiger partial charge < -0.3 is 4.90 Å². The lowest BCUT2D eigenvalue weighted by Crippen LogP contribution is -2.26. The predicted molar refractivity (Wildman–Crippen MR) is 183 cm³/mol. The smallest absolute Gasteiger partial charge is 0.123 e. The van der Waals surface area contributed by atoms with Crippen LogP contribution in [-0.4, -0.2) is 0 Å². The third-order valence-corrected chi connectivity index (χ3v) is 9.56. The minimum atomic E-state index is -0.430. The van der Waals surface area contributed by atoms with E-state index in [1.165, 1.54) is 62.2 Å². The molecule has 0 saturated carbocycles. The minimum Gasteiger partial charge on any atom is -0.310 e. The van der Waals surface area contributed by atoms with E-state index in [-0.39, 0.29) is 5.82 Å². The second-order valence-electron chi connectivity index (χ2n) is 11.8. The van der Waals surface area contributed by atoms with Crippen molar-refractivity contribution >= 4 is 17.1 Å². The Bertz CT molecular complexity index is 2150. The molecule has 0 bridgehead atoms. The van der Waals surface area contributed by atoms with Crippen LogP contribution in [0.25, 0.3) is 33.4 Å². The van der Waals surface area contributed by atoms with Gasteiger partial charge >= 0.3 is 0 Å². The average molecular weight is 578 g/mol. The maximum Gasteiger partial charge on any atom is 0.123 e. The van der Waals surface area contributed by atoms with Gasteiger partial charge in [-0.25, -0.2) is 4.39 Å². The highest BCUT2D eigenvalue weighted by Gasteiger charge is 2.51. The molecule has 1 spiro atoms. The van der Waals surface area contributed by atoms with Crippen molar-refractivity contribution in [1.29, 1.82) is 0 Å². The highest BCUT2D eigenvalue weighted by Crippen LogP contribution is 2.63. The third-order valence-electron chi connectivity index (χ3n) is 9.56. The Hall–Kier alpha value is -5.73. The standard InChI is InChI=1S/C43H28FN/c44-31-20-24-33(25-21-31)45(32-22-18-30(19-23-32)29-10-2-1-3-11-29)34-26-27-38-37-14-6-9-17-41(37)43(42(38)28-34)39-15-7-4-12-35(39)36-13-5-8-16-40(36)43/h1-28H. The number of hydrogen-bond donors (Lipinski definition) is 0. The van der Waals surface area contributed by atoms with E-state index in [0.717, 1.165) is 22.6 Å². The first kappa shape index (κ1) is 25.7. The Labute approximate surface area is 262 Å². The molecule has 9 rings (SSSR count). The largest absolute Gasteiger partial charge is 0.310 e. The summed E-state index contributed by atoms with van der Waals surface area (Å²) in [5.41, 5.74) is 15.1. The van der Waals surface area contributed by atoms with E-state index in [4.69, 9.17) is 0 Å². The summed E-state index contributed by atoms with van der Waals surface area (Å²) in [6, 6.07) is 59.3. The fourth-order valence-electron chi connectivity index (χ4n) is 7.69. The molecule has 0 radical (unpaired) electrons. The molecule has 0 aromatic heterocycles. The Kier molecular flexibility index (Phi) is 5.66. The van der Waals surface area contributed by atoms with Gasteiger partial charge in [-0.05, 0) is 104 Å². The van der Waals surface area contributed by atoms with E-state index in [1.807, 2.05) is 18.2 Å². The quantitative estimate of drug-likeness (QED) is 0.201. The molecular formula is C43H28FN. The molecule has 0 aliphatic heterocycles. The van der Waals surface area contributed by atoms with Crippen molar-refractivity contribution < 1.29 is 4.39 Å². The molecule has 0 atom stereocenters. The molecule has 2 aliphatic rings. The summed E-state index contributed by atoms with van der Waals surface area (Å²) in [5, 5.41) is 0. The molecule has 0 N–H and O–H groups in total. The van der Waals surface area contributed by atoms with Gasteiger partial charge in [-0.3, -0.25) is 0 Å². The lowest BCUT2D eigenvalue weighted by Gasteiger charge is -2.32. The molecule has 1 nitrogen and oxygen atoms in total. The molecule has 7 aromatic rings. The fourth-order valence-corrected chi connectivity index (χ4v) is 7.69. The first-order chi connectivity index (χ1) is 22.2. The van der Waals surface area contributed by atoms with Gasteiger partial charge in [-0.2, -0.15) is 0 Å². The Morgan fingerprint density at radius 1 is 0.356 bits per heavy atom. The zero-order valence-corrected chi connectivity index (χ0v) is 24.5. The van der Waals surface area contributed by atoms with Crippen molar-refractivity contribution in [3.63, 3.8) is 0 Å². The highest BCUT2D eigenvalue weighted by molar-refractivity contribution is 5.96. The van der Waals surface area contributed by atoms with Gasteiger partial charge in [0.05, 0.1) is 5.41 Å². The first-order valence-electron chi connectivity index (χ1n) is 15.4. The molecule has 0 amide bonds. The summed E-state index contributed by atoms with van der Waals surface area (Å²) in [4.78, 5) is 2.23. The number of nitrogens with zero attached hydrogens (tertiary/aromatic N) is 1. The second kappa shape index (κ2) is 9.90. The van der Waals surface area contributed by atoms with Crippen molar-refractivity contribution in [2.24, 2.45) is 0 Å². The zero-order chi connectivity index (χ0) is 30.0. The molecule has 45 heavy (non-hydrogen) atoms. The topological polar surface area (TPSA) is 3.24 Å². The number of fused-ring (bicyclic) bond motifs is 10. The van der Waals surface area contributed by atoms with Crippen LogP contribution in [0, 0.1) is 5.82 Å². The van der Waals surface area contributed by atoms with E-state index in [9.17, 15) is 4.39 Å². The Morgan fingerprint density at radius 3 is 1.33 bits per heavy atom. The van der Waals surface area contributed by atoms with Crippen LogP contribution in [0.1, 0.15) is 22.3 Å². The van der Waals surface area contributed by atoms with E-state index < -0.39 is 5.41 Å². The summed E-state index contributed by atoms with van der Waals surface area (Å²) in [7, 11) is 0. The van der Waals surface area contributed by atoms with Crippen molar-refractivity contribution in [3.8, 4) is 33.4 Å². The number of benzene rings is 7. The molecule has 2 heteroatoms. The van der Waals surface area contributed by atoms with Gasteiger partial charge in [0.25, 0.3) is 0 Å². The van der Waals surface area contributed by atoms with Crippen LogP contribution in [0.3, 0.4) is 0 Å². The van der Waals surface area contributed by atoms with Gasteiger partial charge in [0.1, 0.15) is 5.82 Å². The van der Waals surface area contributed by atoms with Gasteiger partial charge in [-0.15, -0.1) is 0 Å². The van der Waals surface area contributed by atoms with Gasteiger partial charge in [0, 0.05) is 17.1 Å². The maximum atomic E-state index is 14.2. The van der Waals surface area contributed by atoms with Crippen molar-refractivity contribution in [1.82, 2.24) is 0 Å². The van der Waals surface area contributed by atoms with Crippen molar-refractivity contribution in [3.05, 3.63) is 198 Å². The van der Waals surface area contributed by atoms with Crippen LogP contribution in [0.2, 0.25) is 0 Å². The van der Waals surface area contributed by atoms with Crippen LogP contribution < -0.4 is 4.90 Å². The first-order valence-corrected chi connectivity index (χ1v) is 15.4. The normalized spacial score (nSPS) is 13.2. The monoisotopic (exact) mass is 577 g/mol. The third kappa shape index (κ3) is 3.72. The van der Waals surface area contributed by atoms with Crippen molar-refractivity contribution in [2.75, 3.05) is 4.90 Å². The van der Waals surface area contributed by atoms with E-state index in [2.05, 4.69) is 144 Å². The molecule has 0 unspecified atom stereocenters. The van der Waals surface area contributed by atoms with E-state index in [0.29, 0.717) is 0 Å². The number of hydrogen-bond acceptors (Lipinski definition) is 1. The Morgan fingerprint density at radius 2 is 0.778 bits per heavy atom. The summed E-state index contributed by atoms with van der Waals surface area (Å²) < 4.78 is 14.2. The highest BCUT2D eigenvalue weighted by atomic mass is 19.1. The summed E-state index contributed by atoms with van der Waals surface area (Å²) in [5.74, 6) is -0.249. The fraction of sp³-hybridized carbons (Fsp3) is 0.0233. The Balaban J connectivity index is 1.28. The van der Waals surface area contributed by atoms with E-state index >= 15 is 0 Å². The van der Waals surface area contributed by atoms with Gasteiger partial charge in [-0.1, -0.05) is 121 Å². The van der Waals surface area contributed by atoms with Crippen molar-refractivity contribution in [2.45, 2.75) is 5.41 Å². The molecule has 212 valence electrons. The van der Waals surface area contributed by atoms with Gasteiger partial charge in [0.2, 0.25) is 0 Å². The van der Waals surface area contributed by atoms with Crippen LogP contribution in [0.15, 0.2) is 170 Å². The molecule has 0 fully saturated rings. The second-order valence-corrected chi connectivity index (χ2v) is 11.8. The number of halogens is 1. The SMILES string of the molecule is Fc1ccc(N(c2ccc(-c3ccccc3)cc2)c2ccc3c(c2)C2(c4ccccc4-c4ccccc42)c2ccccc2-3)cc1. The van der Waals surface area contributed by atoms with Crippen LogP contribution in [-0.2, 0) is 5.41 Å². The maximum absolute atomic E-state index is 14.2. The van der Waals surface area contributed by atoms with Crippen LogP contribution in [0.4, 0.5) is 21.5 Å². The molecular weight excluding hydrogens is 549 g/mol. The minimum absolute atomic E-state index is 0.249. The lowest BCUT2D eigenvalue weighted by atomic mass is 9.70. The van der Waals surface area contributed by atoms with Gasteiger partial charge in [0.15, 0.2) is 0 Å². The number of anilines is 3. The number of rotatable bonds is 4. The molecule has 2 aliphatic carbocycles. The zero-order valence-electron chi connectivity index (χ0n) is 24.5. The van der Waals surface area contributed by atoms with E-state index in [1.54, 1.807) is 0 Å². The lowest BCUT2D eigenvalue weighted by molar-refractivity contribution is 0.628. The molecule has 7 aromatic carbocycles. The predicted octanol–water partition coefficient (Wildman–Crippen LogP) is 11.3. The average Bonchev–Trinajstić information content (AvgIpc) is 3.57. The van der Waals surface area contributed by atoms with Crippen LogP contribution in [0.5, 0.6) is 0 Å². The molecule has 0 heterocycles.